The molecular formula is C13H13ClN2O2. The molecule has 2 aromatic rings. The van der Waals surface area contributed by atoms with Gasteiger partial charge < -0.3 is 9.47 Å². The van der Waals surface area contributed by atoms with Gasteiger partial charge in [-0.2, -0.15) is 5.10 Å². The van der Waals surface area contributed by atoms with Gasteiger partial charge in [0.05, 0.1) is 18.2 Å². The zero-order chi connectivity index (χ0) is 12.8. The monoisotopic (exact) mass is 264 g/mol. The summed E-state index contributed by atoms with van der Waals surface area (Å²) in [5, 5.41) is 7.86. The highest BCUT2D eigenvalue weighted by Crippen LogP contribution is 2.30. The van der Waals surface area contributed by atoms with Gasteiger partial charge in [0.1, 0.15) is 0 Å². The van der Waals surface area contributed by atoms with Crippen LogP contribution in [-0.2, 0) is 5.88 Å². The van der Waals surface area contributed by atoms with E-state index in [-0.39, 0.29) is 0 Å². The number of alkyl halides is 1. The third-order valence-corrected chi connectivity index (χ3v) is 2.47. The van der Waals surface area contributed by atoms with E-state index in [1.54, 1.807) is 12.1 Å². The van der Waals surface area contributed by atoms with Crippen molar-refractivity contribution in [1.29, 1.82) is 0 Å². The molecule has 0 atom stereocenters. The fraction of sp³-hybridized carbons (Fsp3) is 0.231. The Balaban J connectivity index is 2.17. The molecule has 1 heterocycles. The average Bonchev–Trinajstić information content (AvgIpc) is 2.42. The molecule has 0 radical (unpaired) electrons. The third-order valence-electron chi connectivity index (χ3n) is 2.20. The molecular weight excluding hydrogens is 252 g/mol. The van der Waals surface area contributed by atoms with Gasteiger partial charge in [0.2, 0.25) is 5.88 Å². The molecule has 0 bridgehead atoms. The molecule has 0 saturated heterocycles. The minimum Gasteiger partial charge on any atom is -0.490 e. The topological polar surface area (TPSA) is 44.2 Å². The molecule has 94 valence electrons. The summed E-state index contributed by atoms with van der Waals surface area (Å²) in [5.41, 5.74) is 0.710. The molecule has 0 saturated carbocycles. The number of ether oxygens (including phenoxy) is 2. The van der Waals surface area contributed by atoms with E-state index in [9.17, 15) is 0 Å². The first-order valence-corrected chi connectivity index (χ1v) is 6.15. The summed E-state index contributed by atoms with van der Waals surface area (Å²) in [7, 11) is 0. The van der Waals surface area contributed by atoms with Gasteiger partial charge in [-0.05, 0) is 25.1 Å². The largest absolute Gasteiger partial charge is 0.490 e. The van der Waals surface area contributed by atoms with E-state index in [1.807, 2.05) is 31.2 Å². The molecule has 0 aliphatic rings. The highest BCUT2D eigenvalue weighted by atomic mass is 35.5. The number of hydrogen-bond acceptors (Lipinski definition) is 4. The second-order valence-corrected chi connectivity index (χ2v) is 3.75. The lowest BCUT2D eigenvalue weighted by Crippen LogP contribution is -1.97. The molecule has 0 spiro atoms. The van der Waals surface area contributed by atoms with Crippen LogP contribution in [0.1, 0.15) is 12.6 Å². The third kappa shape index (κ3) is 3.11. The number of para-hydroxylation sites is 2. The molecule has 0 aliphatic heterocycles. The lowest BCUT2D eigenvalue weighted by atomic mass is 10.3. The predicted molar refractivity (Wildman–Crippen MR) is 69.3 cm³/mol. The molecule has 0 aliphatic carbocycles. The SMILES string of the molecule is CCOc1ccccc1Oc1ccc(CCl)nn1. The Morgan fingerprint density at radius 3 is 2.44 bits per heavy atom. The van der Waals surface area contributed by atoms with Gasteiger partial charge in [-0.25, -0.2) is 0 Å². The number of benzene rings is 1. The van der Waals surface area contributed by atoms with E-state index >= 15 is 0 Å². The summed E-state index contributed by atoms with van der Waals surface area (Å²) < 4.78 is 11.1. The van der Waals surface area contributed by atoms with Crippen molar-refractivity contribution in [1.82, 2.24) is 10.2 Å². The van der Waals surface area contributed by atoms with Crippen LogP contribution in [0.15, 0.2) is 36.4 Å². The Kier molecular flexibility index (Phi) is 4.36. The lowest BCUT2D eigenvalue weighted by molar-refractivity contribution is 0.319. The fourth-order valence-corrected chi connectivity index (χ4v) is 1.54. The van der Waals surface area contributed by atoms with Gasteiger partial charge in [0.15, 0.2) is 11.5 Å². The van der Waals surface area contributed by atoms with E-state index in [2.05, 4.69) is 10.2 Å². The maximum Gasteiger partial charge on any atom is 0.239 e. The molecule has 0 fully saturated rings. The standard InChI is InChI=1S/C13H13ClN2O2/c1-2-17-11-5-3-4-6-12(11)18-13-8-7-10(9-14)15-16-13/h3-8H,2,9H2,1H3. The van der Waals surface area contributed by atoms with Crippen LogP contribution in [0, 0.1) is 0 Å². The van der Waals surface area contributed by atoms with Crippen LogP contribution in [0.2, 0.25) is 0 Å². The fourth-order valence-electron chi connectivity index (χ4n) is 1.40. The van der Waals surface area contributed by atoms with Gasteiger partial charge in [-0.1, -0.05) is 12.1 Å². The van der Waals surface area contributed by atoms with Crippen LogP contribution in [0.25, 0.3) is 0 Å². The highest BCUT2D eigenvalue weighted by molar-refractivity contribution is 6.16. The van der Waals surface area contributed by atoms with Crippen molar-refractivity contribution < 1.29 is 9.47 Å². The van der Waals surface area contributed by atoms with E-state index in [4.69, 9.17) is 21.1 Å². The zero-order valence-corrected chi connectivity index (χ0v) is 10.7. The first kappa shape index (κ1) is 12.6. The van der Waals surface area contributed by atoms with Gasteiger partial charge in [0, 0.05) is 6.07 Å². The summed E-state index contributed by atoms with van der Waals surface area (Å²) in [4.78, 5) is 0. The van der Waals surface area contributed by atoms with E-state index in [0.717, 1.165) is 0 Å². The maximum atomic E-state index is 5.64. The van der Waals surface area contributed by atoms with E-state index in [1.165, 1.54) is 0 Å². The van der Waals surface area contributed by atoms with Crippen LogP contribution in [0.5, 0.6) is 17.4 Å². The first-order valence-electron chi connectivity index (χ1n) is 5.61. The predicted octanol–water partition coefficient (Wildman–Crippen LogP) is 3.41. The summed E-state index contributed by atoms with van der Waals surface area (Å²) in [6.07, 6.45) is 0. The molecule has 18 heavy (non-hydrogen) atoms. The lowest BCUT2D eigenvalue weighted by Gasteiger charge is -2.10. The van der Waals surface area contributed by atoms with E-state index < -0.39 is 0 Å². The molecule has 1 aromatic carbocycles. The minimum absolute atomic E-state index is 0.336. The quantitative estimate of drug-likeness (QED) is 0.777. The van der Waals surface area contributed by atoms with Crippen molar-refractivity contribution >= 4 is 11.6 Å². The van der Waals surface area contributed by atoms with Crippen molar-refractivity contribution in [3.63, 3.8) is 0 Å². The first-order chi connectivity index (χ1) is 8.83. The van der Waals surface area contributed by atoms with Crippen LogP contribution in [0.4, 0.5) is 0 Å². The second-order valence-electron chi connectivity index (χ2n) is 3.48. The van der Waals surface area contributed by atoms with Crippen molar-refractivity contribution in [2.45, 2.75) is 12.8 Å². The molecule has 0 N–H and O–H groups in total. The molecule has 5 heteroatoms. The van der Waals surface area contributed by atoms with Gasteiger partial charge in [-0.15, -0.1) is 16.7 Å². The number of rotatable bonds is 5. The van der Waals surface area contributed by atoms with Crippen molar-refractivity contribution in [3.8, 4) is 17.4 Å². The number of nitrogens with zero attached hydrogens (tertiary/aromatic N) is 2. The maximum absolute atomic E-state index is 5.64. The van der Waals surface area contributed by atoms with Crippen LogP contribution in [-0.4, -0.2) is 16.8 Å². The number of hydrogen-bond donors (Lipinski definition) is 0. The highest BCUT2D eigenvalue weighted by Gasteiger charge is 2.06. The second kappa shape index (κ2) is 6.21. The number of halogens is 1. The van der Waals surface area contributed by atoms with Crippen LogP contribution in [0.3, 0.4) is 0 Å². The zero-order valence-electron chi connectivity index (χ0n) is 9.97. The smallest absolute Gasteiger partial charge is 0.239 e. The Bertz CT molecular complexity index is 503. The Morgan fingerprint density at radius 1 is 1.06 bits per heavy atom. The van der Waals surface area contributed by atoms with Gasteiger partial charge >= 0.3 is 0 Å². The molecule has 0 amide bonds. The summed E-state index contributed by atoms with van der Waals surface area (Å²) in [5.74, 6) is 2.05. The molecule has 4 nitrogen and oxygen atoms in total. The Hall–Kier alpha value is -1.81. The average molecular weight is 265 g/mol. The Morgan fingerprint density at radius 2 is 1.83 bits per heavy atom. The van der Waals surface area contributed by atoms with Crippen molar-refractivity contribution in [3.05, 3.63) is 42.1 Å². The summed E-state index contributed by atoms with van der Waals surface area (Å²) in [6.45, 7) is 2.50. The summed E-state index contributed by atoms with van der Waals surface area (Å²) >= 11 is 5.64. The molecule has 0 unspecified atom stereocenters. The molecule has 2 rings (SSSR count). The van der Waals surface area contributed by atoms with Gasteiger partial charge in [-0.3, -0.25) is 0 Å². The van der Waals surface area contributed by atoms with Crippen molar-refractivity contribution in [2.75, 3.05) is 6.61 Å². The van der Waals surface area contributed by atoms with Crippen molar-refractivity contribution in [2.24, 2.45) is 0 Å². The van der Waals surface area contributed by atoms with Crippen LogP contribution < -0.4 is 9.47 Å². The summed E-state index contributed by atoms with van der Waals surface area (Å²) in [6, 6.07) is 10.9. The Labute approximate surface area is 111 Å². The number of aromatic nitrogens is 2. The minimum atomic E-state index is 0.336. The van der Waals surface area contributed by atoms with Crippen LogP contribution >= 0.6 is 11.6 Å². The van der Waals surface area contributed by atoms with Gasteiger partial charge in [0.25, 0.3) is 0 Å². The van der Waals surface area contributed by atoms with E-state index in [0.29, 0.717) is 35.6 Å². The molecule has 1 aromatic heterocycles. The normalized spacial score (nSPS) is 10.1.